The molecule has 2 rings (SSSR count). The Morgan fingerprint density at radius 3 is 2.61 bits per heavy atom. The second-order valence-electron chi connectivity index (χ2n) is 7.86. The summed E-state index contributed by atoms with van der Waals surface area (Å²) in [5.74, 6) is 0.633. The van der Waals surface area contributed by atoms with Gasteiger partial charge >= 0.3 is 0 Å². The molecule has 0 aliphatic heterocycles. The molecule has 2 saturated carbocycles. The number of nitrogens with zero attached hydrogens (tertiary/aromatic N) is 1. The van der Waals surface area contributed by atoms with Crippen LogP contribution in [0.15, 0.2) is 0 Å². The Morgan fingerprint density at radius 1 is 1.17 bits per heavy atom. The largest absolute Gasteiger partial charge is 0.391 e. The van der Waals surface area contributed by atoms with Crippen molar-refractivity contribution in [3.8, 4) is 0 Å². The molecular weight excluding hydrogens is 288 g/mol. The van der Waals surface area contributed by atoms with Gasteiger partial charge in [0, 0.05) is 25.2 Å². The van der Waals surface area contributed by atoms with Gasteiger partial charge in [-0.1, -0.05) is 20.8 Å². The van der Waals surface area contributed by atoms with Crippen molar-refractivity contribution in [1.29, 1.82) is 0 Å². The molecule has 0 saturated heterocycles. The fourth-order valence-electron chi connectivity index (χ4n) is 4.22. The van der Waals surface area contributed by atoms with Gasteiger partial charge in [-0.25, -0.2) is 0 Å². The lowest BCUT2D eigenvalue weighted by Crippen LogP contribution is -2.45. The highest BCUT2D eigenvalue weighted by molar-refractivity contribution is 4.87. The van der Waals surface area contributed by atoms with Gasteiger partial charge in [0.05, 0.1) is 18.8 Å². The highest BCUT2D eigenvalue weighted by atomic mass is 16.5. The number of hydrogen-bond donors (Lipinski definition) is 2. The molecule has 4 heteroatoms. The maximum absolute atomic E-state index is 10.2. The van der Waals surface area contributed by atoms with Crippen LogP contribution in [0.2, 0.25) is 0 Å². The molecule has 2 aliphatic carbocycles. The molecule has 0 aromatic rings. The zero-order valence-electron chi connectivity index (χ0n) is 15.5. The Kier molecular flexibility index (Phi) is 8.31. The Morgan fingerprint density at radius 2 is 1.96 bits per heavy atom. The molecule has 136 valence electrons. The van der Waals surface area contributed by atoms with E-state index in [0.717, 1.165) is 45.5 Å². The molecule has 4 nitrogen and oxygen atoms in total. The van der Waals surface area contributed by atoms with Crippen LogP contribution in [0.3, 0.4) is 0 Å². The maximum atomic E-state index is 10.2. The summed E-state index contributed by atoms with van der Waals surface area (Å²) < 4.78 is 6.23. The first-order chi connectivity index (χ1) is 11.1. The molecule has 2 unspecified atom stereocenters. The Balaban J connectivity index is 1.76. The fraction of sp³-hybridized carbons (Fsp3) is 1.00. The first-order valence-electron chi connectivity index (χ1n) is 9.89. The van der Waals surface area contributed by atoms with Crippen LogP contribution in [0, 0.1) is 5.92 Å². The second-order valence-corrected chi connectivity index (χ2v) is 7.86. The summed E-state index contributed by atoms with van der Waals surface area (Å²) in [6.07, 6.45) is 8.42. The highest BCUT2D eigenvalue weighted by Gasteiger charge is 2.31. The molecule has 0 spiro atoms. The Labute approximate surface area is 143 Å². The van der Waals surface area contributed by atoms with E-state index >= 15 is 0 Å². The third-order valence-corrected chi connectivity index (χ3v) is 5.33. The maximum Gasteiger partial charge on any atom is 0.0728 e. The number of rotatable bonds is 10. The van der Waals surface area contributed by atoms with Gasteiger partial charge in [0.25, 0.3) is 0 Å². The van der Waals surface area contributed by atoms with E-state index in [1.165, 1.54) is 25.7 Å². The molecule has 0 aromatic carbocycles. The van der Waals surface area contributed by atoms with Crippen LogP contribution in [0.4, 0.5) is 0 Å². The monoisotopic (exact) mass is 326 g/mol. The van der Waals surface area contributed by atoms with Crippen molar-refractivity contribution in [3.63, 3.8) is 0 Å². The standard InChI is InChI=1S/C19H38N2O2/c1-4-11-20-16-7-5-10-19(16)23-13-12-21(14-15(2)3)17-8-6-9-18(17)22/h15-20,22H,4-14H2,1-3H3/t16?,17-,18+,19?/m1/s1. The van der Waals surface area contributed by atoms with E-state index < -0.39 is 0 Å². The third-order valence-electron chi connectivity index (χ3n) is 5.33. The number of aliphatic hydroxyl groups is 1. The number of nitrogens with one attached hydrogen (secondary N) is 1. The summed E-state index contributed by atoms with van der Waals surface area (Å²) in [7, 11) is 0. The fourth-order valence-corrected chi connectivity index (χ4v) is 4.22. The minimum Gasteiger partial charge on any atom is -0.391 e. The predicted molar refractivity (Wildman–Crippen MR) is 95.7 cm³/mol. The lowest BCUT2D eigenvalue weighted by Gasteiger charge is -2.33. The molecular formula is C19H38N2O2. The minimum atomic E-state index is -0.140. The first kappa shape index (κ1) is 19.2. The smallest absolute Gasteiger partial charge is 0.0728 e. The molecule has 0 bridgehead atoms. The quantitative estimate of drug-likeness (QED) is 0.648. The predicted octanol–water partition coefficient (Wildman–Crippen LogP) is 2.80. The summed E-state index contributed by atoms with van der Waals surface area (Å²) in [5.41, 5.74) is 0. The van der Waals surface area contributed by atoms with E-state index in [4.69, 9.17) is 4.74 Å². The van der Waals surface area contributed by atoms with E-state index in [0.29, 0.717) is 24.1 Å². The molecule has 0 amide bonds. The van der Waals surface area contributed by atoms with Crippen molar-refractivity contribution in [2.24, 2.45) is 5.92 Å². The van der Waals surface area contributed by atoms with E-state index in [2.05, 4.69) is 31.0 Å². The average molecular weight is 327 g/mol. The van der Waals surface area contributed by atoms with Crippen molar-refractivity contribution in [2.45, 2.75) is 90.0 Å². The summed E-state index contributed by atoms with van der Waals surface area (Å²) in [6, 6.07) is 0.893. The van der Waals surface area contributed by atoms with Crippen LogP contribution in [-0.2, 0) is 4.74 Å². The topological polar surface area (TPSA) is 44.7 Å². The second kappa shape index (κ2) is 9.97. The molecule has 2 aliphatic rings. The number of aliphatic hydroxyl groups excluding tert-OH is 1. The summed E-state index contributed by atoms with van der Waals surface area (Å²) in [6.45, 7) is 10.6. The molecule has 0 aromatic heterocycles. The third kappa shape index (κ3) is 6.00. The minimum absolute atomic E-state index is 0.140. The van der Waals surface area contributed by atoms with Gasteiger partial charge in [-0.3, -0.25) is 4.90 Å². The van der Waals surface area contributed by atoms with Gasteiger partial charge in [-0.05, 0) is 57.4 Å². The lowest BCUT2D eigenvalue weighted by molar-refractivity contribution is 0.00210. The molecule has 2 N–H and O–H groups in total. The summed E-state index contributed by atoms with van der Waals surface area (Å²) in [5, 5.41) is 13.9. The normalized spacial score (nSPS) is 31.6. The Bertz CT molecular complexity index is 324. The van der Waals surface area contributed by atoms with E-state index in [9.17, 15) is 5.11 Å². The van der Waals surface area contributed by atoms with Gasteiger partial charge in [-0.2, -0.15) is 0 Å². The van der Waals surface area contributed by atoms with E-state index in [1.54, 1.807) is 0 Å². The molecule has 0 radical (unpaired) electrons. The van der Waals surface area contributed by atoms with Crippen LogP contribution in [0.5, 0.6) is 0 Å². The summed E-state index contributed by atoms with van der Waals surface area (Å²) in [4.78, 5) is 2.48. The average Bonchev–Trinajstić information content (AvgIpc) is 3.12. The van der Waals surface area contributed by atoms with Gasteiger partial charge in [0.2, 0.25) is 0 Å². The van der Waals surface area contributed by atoms with Crippen molar-refractivity contribution in [2.75, 3.05) is 26.2 Å². The highest BCUT2D eigenvalue weighted by Crippen LogP contribution is 2.26. The van der Waals surface area contributed by atoms with Gasteiger partial charge in [0.15, 0.2) is 0 Å². The van der Waals surface area contributed by atoms with Crippen molar-refractivity contribution >= 4 is 0 Å². The van der Waals surface area contributed by atoms with E-state index in [1.807, 2.05) is 0 Å². The molecule has 2 fully saturated rings. The molecule has 4 atom stereocenters. The van der Waals surface area contributed by atoms with Crippen molar-refractivity contribution < 1.29 is 9.84 Å². The van der Waals surface area contributed by atoms with Crippen LogP contribution in [-0.4, -0.2) is 60.5 Å². The Hall–Kier alpha value is -0.160. The number of hydrogen-bond acceptors (Lipinski definition) is 4. The van der Waals surface area contributed by atoms with Crippen LogP contribution in [0.1, 0.15) is 65.7 Å². The van der Waals surface area contributed by atoms with Crippen LogP contribution in [0.25, 0.3) is 0 Å². The molecule has 0 heterocycles. The van der Waals surface area contributed by atoms with Crippen LogP contribution >= 0.6 is 0 Å². The lowest BCUT2D eigenvalue weighted by atomic mass is 10.1. The number of ether oxygens (including phenoxy) is 1. The van der Waals surface area contributed by atoms with Gasteiger partial charge < -0.3 is 15.2 Å². The SMILES string of the molecule is CCCNC1CCCC1OCCN(CC(C)C)[C@@H]1CCC[C@@H]1O. The first-order valence-corrected chi connectivity index (χ1v) is 9.89. The van der Waals surface area contributed by atoms with Crippen molar-refractivity contribution in [1.82, 2.24) is 10.2 Å². The van der Waals surface area contributed by atoms with Gasteiger partial charge in [-0.15, -0.1) is 0 Å². The van der Waals surface area contributed by atoms with Crippen molar-refractivity contribution in [3.05, 3.63) is 0 Å². The summed E-state index contributed by atoms with van der Waals surface area (Å²) >= 11 is 0. The van der Waals surface area contributed by atoms with Gasteiger partial charge in [0.1, 0.15) is 0 Å². The zero-order chi connectivity index (χ0) is 16.7. The zero-order valence-corrected chi connectivity index (χ0v) is 15.5. The molecule has 23 heavy (non-hydrogen) atoms. The van der Waals surface area contributed by atoms with E-state index in [-0.39, 0.29) is 6.10 Å². The van der Waals surface area contributed by atoms with Crippen LogP contribution < -0.4 is 5.32 Å².